The Morgan fingerprint density at radius 2 is 2.06 bits per heavy atom. The number of likely N-dealkylation sites (tertiary alicyclic amines) is 1. The number of piperidine rings is 1. The normalized spacial score (nSPS) is 26.9. The second kappa shape index (κ2) is 5.30. The predicted octanol–water partition coefficient (Wildman–Crippen LogP) is 2.93. The van der Waals surface area contributed by atoms with E-state index in [2.05, 4.69) is 52.0 Å². The summed E-state index contributed by atoms with van der Waals surface area (Å²) in [6.45, 7) is 4.46. The quantitative estimate of drug-likeness (QED) is 0.904. The number of hydrogen-bond donors (Lipinski definition) is 1. The van der Waals surface area contributed by atoms with Crippen LogP contribution in [0, 0.1) is 0 Å². The molecule has 0 saturated carbocycles. The van der Waals surface area contributed by atoms with E-state index in [4.69, 9.17) is 5.73 Å². The zero-order valence-corrected chi connectivity index (χ0v) is 11.3. The summed E-state index contributed by atoms with van der Waals surface area (Å²) in [7, 11) is 0. The standard InChI is InChI=1S/C13H19BrN2/c1-2-16-9-3-4-12(15)13(16)10-5-7-11(14)8-6-10/h5-8,12-13H,2-4,9,15H2,1H3. The van der Waals surface area contributed by atoms with Gasteiger partial charge < -0.3 is 5.73 Å². The molecule has 2 nitrogen and oxygen atoms in total. The number of likely N-dealkylation sites (N-methyl/N-ethyl adjacent to an activating group) is 1. The average molecular weight is 283 g/mol. The van der Waals surface area contributed by atoms with Crippen LogP contribution < -0.4 is 5.73 Å². The number of rotatable bonds is 2. The number of halogens is 1. The molecule has 1 aliphatic heterocycles. The van der Waals surface area contributed by atoms with Gasteiger partial charge in [0.2, 0.25) is 0 Å². The highest BCUT2D eigenvalue weighted by atomic mass is 79.9. The van der Waals surface area contributed by atoms with Crippen LogP contribution in [0.3, 0.4) is 0 Å². The lowest BCUT2D eigenvalue weighted by molar-refractivity contribution is 0.136. The molecule has 2 rings (SSSR count). The topological polar surface area (TPSA) is 29.3 Å². The third-order valence-corrected chi connectivity index (χ3v) is 3.93. The van der Waals surface area contributed by atoms with Crippen molar-refractivity contribution in [2.75, 3.05) is 13.1 Å². The number of nitrogens with zero attached hydrogens (tertiary/aromatic N) is 1. The van der Waals surface area contributed by atoms with Gasteiger partial charge in [0, 0.05) is 16.6 Å². The second-order valence-electron chi connectivity index (χ2n) is 4.43. The van der Waals surface area contributed by atoms with Crippen LogP contribution in [0.5, 0.6) is 0 Å². The van der Waals surface area contributed by atoms with Crippen molar-refractivity contribution in [1.29, 1.82) is 0 Å². The SMILES string of the molecule is CCN1CCCC(N)C1c1ccc(Br)cc1. The van der Waals surface area contributed by atoms with Crippen LogP contribution in [0.2, 0.25) is 0 Å². The molecule has 1 saturated heterocycles. The first-order valence-corrected chi connectivity index (χ1v) is 6.76. The highest BCUT2D eigenvalue weighted by molar-refractivity contribution is 9.10. The van der Waals surface area contributed by atoms with Crippen LogP contribution in [0.1, 0.15) is 31.4 Å². The van der Waals surface area contributed by atoms with Crippen molar-refractivity contribution in [3.8, 4) is 0 Å². The number of nitrogens with two attached hydrogens (primary N) is 1. The van der Waals surface area contributed by atoms with E-state index >= 15 is 0 Å². The van der Waals surface area contributed by atoms with Gasteiger partial charge in [0.05, 0.1) is 0 Å². The Morgan fingerprint density at radius 1 is 1.38 bits per heavy atom. The van der Waals surface area contributed by atoms with E-state index in [0.717, 1.165) is 17.4 Å². The Hall–Kier alpha value is -0.380. The van der Waals surface area contributed by atoms with Crippen LogP contribution in [-0.4, -0.2) is 24.0 Å². The predicted molar refractivity (Wildman–Crippen MR) is 71.3 cm³/mol. The van der Waals surface area contributed by atoms with Crippen molar-refractivity contribution in [2.24, 2.45) is 5.73 Å². The van der Waals surface area contributed by atoms with E-state index in [1.807, 2.05) is 0 Å². The van der Waals surface area contributed by atoms with Crippen LogP contribution in [0.15, 0.2) is 28.7 Å². The minimum atomic E-state index is 0.273. The molecule has 0 bridgehead atoms. The summed E-state index contributed by atoms with van der Waals surface area (Å²) >= 11 is 3.47. The molecule has 1 aromatic rings. The van der Waals surface area contributed by atoms with Crippen LogP contribution in [0.25, 0.3) is 0 Å². The van der Waals surface area contributed by atoms with Crippen molar-refractivity contribution >= 4 is 15.9 Å². The van der Waals surface area contributed by atoms with Crippen LogP contribution in [-0.2, 0) is 0 Å². The minimum Gasteiger partial charge on any atom is -0.326 e. The van der Waals surface area contributed by atoms with Crippen molar-refractivity contribution in [3.63, 3.8) is 0 Å². The molecule has 0 spiro atoms. The second-order valence-corrected chi connectivity index (χ2v) is 5.35. The van der Waals surface area contributed by atoms with E-state index in [9.17, 15) is 0 Å². The molecule has 1 aliphatic rings. The zero-order chi connectivity index (χ0) is 11.5. The highest BCUT2D eigenvalue weighted by Gasteiger charge is 2.28. The molecule has 0 aliphatic carbocycles. The first kappa shape index (κ1) is 12.1. The Kier molecular flexibility index (Phi) is 4.00. The monoisotopic (exact) mass is 282 g/mol. The fourth-order valence-electron chi connectivity index (χ4n) is 2.57. The Morgan fingerprint density at radius 3 is 2.69 bits per heavy atom. The first-order chi connectivity index (χ1) is 7.72. The fraction of sp³-hybridized carbons (Fsp3) is 0.538. The molecule has 1 fully saturated rings. The molecule has 0 radical (unpaired) electrons. The van der Waals surface area contributed by atoms with E-state index in [0.29, 0.717) is 6.04 Å². The Balaban J connectivity index is 2.24. The summed E-state index contributed by atoms with van der Waals surface area (Å²) in [5, 5.41) is 0. The van der Waals surface area contributed by atoms with Gasteiger partial charge in [0.1, 0.15) is 0 Å². The van der Waals surface area contributed by atoms with Gasteiger partial charge in [0.25, 0.3) is 0 Å². The molecule has 3 heteroatoms. The Labute approximate surface area is 106 Å². The van der Waals surface area contributed by atoms with Crippen molar-refractivity contribution in [3.05, 3.63) is 34.3 Å². The van der Waals surface area contributed by atoms with Crippen LogP contribution >= 0.6 is 15.9 Å². The van der Waals surface area contributed by atoms with Gasteiger partial charge >= 0.3 is 0 Å². The number of benzene rings is 1. The molecule has 2 N–H and O–H groups in total. The van der Waals surface area contributed by atoms with Gasteiger partial charge in [-0.1, -0.05) is 35.0 Å². The molecule has 16 heavy (non-hydrogen) atoms. The molecule has 88 valence electrons. The van der Waals surface area contributed by atoms with E-state index in [-0.39, 0.29) is 6.04 Å². The Bertz CT molecular complexity index is 336. The maximum atomic E-state index is 6.26. The van der Waals surface area contributed by atoms with E-state index in [1.165, 1.54) is 18.5 Å². The smallest absolute Gasteiger partial charge is 0.0499 e. The van der Waals surface area contributed by atoms with Crippen molar-refractivity contribution < 1.29 is 0 Å². The molecular weight excluding hydrogens is 264 g/mol. The van der Waals surface area contributed by atoms with E-state index < -0.39 is 0 Å². The number of hydrogen-bond acceptors (Lipinski definition) is 2. The molecule has 2 unspecified atom stereocenters. The minimum absolute atomic E-state index is 0.273. The largest absolute Gasteiger partial charge is 0.326 e. The third kappa shape index (κ3) is 2.47. The molecular formula is C13H19BrN2. The van der Waals surface area contributed by atoms with Gasteiger partial charge in [-0.25, -0.2) is 0 Å². The summed E-state index contributed by atoms with van der Waals surface area (Å²) < 4.78 is 1.13. The average Bonchev–Trinajstić information content (AvgIpc) is 2.30. The lowest BCUT2D eigenvalue weighted by Crippen LogP contribution is -2.45. The fourth-order valence-corrected chi connectivity index (χ4v) is 2.83. The van der Waals surface area contributed by atoms with Gasteiger partial charge in [0.15, 0.2) is 0 Å². The van der Waals surface area contributed by atoms with Gasteiger partial charge in [-0.2, -0.15) is 0 Å². The van der Waals surface area contributed by atoms with Gasteiger partial charge in [-0.05, 0) is 43.6 Å². The summed E-state index contributed by atoms with van der Waals surface area (Å²) in [4.78, 5) is 2.48. The highest BCUT2D eigenvalue weighted by Crippen LogP contribution is 2.30. The maximum Gasteiger partial charge on any atom is 0.0499 e. The summed E-state index contributed by atoms with van der Waals surface area (Å²) in [6.07, 6.45) is 2.36. The van der Waals surface area contributed by atoms with Crippen molar-refractivity contribution in [1.82, 2.24) is 4.90 Å². The molecule has 0 aromatic heterocycles. The van der Waals surface area contributed by atoms with Crippen molar-refractivity contribution in [2.45, 2.75) is 31.8 Å². The molecule has 2 atom stereocenters. The van der Waals surface area contributed by atoms with E-state index in [1.54, 1.807) is 0 Å². The third-order valence-electron chi connectivity index (χ3n) is 3.40. The lowest BCUT2D eigenvalue weighted by Gasteiger charge is -2.39. The lowest BCUT2D eigenvalue weighted by atomic mass is 9.91. The molecule has 1 heterocycles. The summed E-state index contributed by atoms with van der Waals surface area (Å²) in [5.74, 6) is 0. The zero-order valence-electron chi connectivity index (χ0n) is 9.70. The molecule has 1 aromatic carbocycles. The van der Waals surface area contributed by atoms with Gasteiger partial charge in [-0.3, -0.25) is 4.90 Å². The summed E-state index contributed by atoms with van der Waals surface area (Å²) in [5.41, 5.74) is 7.61. The van der Waals surface area contributed by atoms with Gasteiger partial charge in [-0.15, -0.1) is 0 Å². The maximum absolute atomic E-state index is 6.26. The molecule has 0 amide bonds. The van der Waals surface area contributed by atoms with Crippen LogP contribution in [0.4, 0.5) is 0 Å². The summed E-state index contributed by atoms with van der Waals surface area (Å²) in [6, 6.07) is 9.24. The first-order valence-electron chi connectivity index (χ1n) is 5.97.